The summed E-state index contributed by atoms with van der Waals surface area (Å²) in [7, 11) is 0. The molecule has 3 nitrogen and oxygen atoms in total. The lowest BCUT2D eigenvalue weighted by atomic mass is 10.1. The van der Waals surface area contributed by atoms with Gasteiger partial charge in [-0.15, -0.1) is 0 Å². The Hall–Kier alpha value is -2.52. The van der Waals surface area contributed by atoms with Gasteiger partial charge in [-0.25, -0.2) is 0 Å². The number of carbonyl (C=O) groups is 1. The predicted molar refractivity (Wildman–Crippen MR) is 87.8 cm³/mol. The normalized spacial score (nSPS) is 10.5. The number of hydrogen-bond donors (Lipinski definition) is 2. The minimum atomic E-state index is -0.275. The minimum Gasteiger partial charge on any atom is -0.399 e. The number of halogens is 1. The number of hydrogen-bond acceptors (Lipinski definition) is 2. The van der Waals surface area contributed by atoms with E-state index in [9.17, 15) is 4.79 Å². The van der Waals surface area contributed by atoms with Crippen LogP contribution in [0.3, 0.4) is 0 Å². The number of nitrogens with two attached hydrogens (primary N) is 1. The first-order valence-corrected chi connectivity index (χ1v) is 6.86. The number of benzene rings is 3. The van der Waals surface area contributed by atoms with Crippen LogP contribution in [-0.2, 0) is 0 Å². The van der Waals surface area contributed by atoms with Gasteiger partial charge in [-0.3, -0.25) is 4.79 Å². The summed E-state index contributed by atoms with van der Waals surface area (Å²) in [5, 5.41) is 5.40. The van der Waals surface area contributed by atoms with Crippen molar-refractivity contribution in [3.8, 4) is 0 Å². The van der Waals surface area contributed by atoms with Crippen LogP contribution < -0.4 is 11.1 Å². The first-order valence-electron chi connectivity index (χ1n) is 6.49. The molecule has 0 aromatic heterocycles. The van der Waals surface area contributed by atoms with Gasteiger partial charge in [0.15, 0.2) is 0 Å². The predicted octanol–water partition coefficient (Wildman–Crippen LogP) is 4.33. The lowest BCUT2D eigenvalue weighted by Gasteiger charge is -2.08. The van der Waals surface area contributed by atoms with Crippen LogP contribution in [0.5, 0.6) is 0 Å². The summed E-state index contributed by atoms with van der Waals surface area (Å²) in [5.74, 6) is -0.275. The van der Waals surface area contributed by atoms with E-state index in [1.165, 1.54) is 0 Å². The monoisotopic (exact) mass is 296 g/mol. The lowest BCUT2D eigenvalue weighted by molar-refractivity contribution is 0.102. The zero-order valence-corrected chi connectivity index (χ0v) is 11.9. The van der Waals surface area contributed by atoms with Crippen LogP contribution in [0.1, 0.15) is 10.4 Å². The van der Waals surface area contributed by atoms with E-state index >= 15 is 0 Å². The SMILES string of the molecule is Nc1ccc(Cl)c(C(=O)Nc2ccc3ccccc3c2)c1. The Labute approximate surface area is 127 Å². The van der Waals surface area contributed by atoms with E-state index in [0.717, 1.165) is 16.5 Å². The van der Waals surface area contributed by atoms with Gasteiger partial charge in [0, 0.05) is 11.4 Å². The van der Waals surface area contributed by atoms with E-state index in [4.69, 9.17) is 17.3 Å². The molecule has 0 atom stereocenters. The van der Waals surface area contributed by atoms with Gasteiger partial charge in [0.2, 0.25) is 0 Å². The summed E-state index contributed by atoms with van der Waals surface area (Å²) < 4.78 is 0. The second-order valence-electron chi connectivity index (χ2n) is 4.76. The average molecular weight is 297 g/mol. The summed E-state index contributed by atoms with van der Waals surface area (Å²) in [4.78, 5) is 12.3. The Bertz CT molecular complexity index is 830. The lowest BCUT2D eigenvalue weighted by Crippen LogP contribution is -2.12. The average Bonchev–Trinajstić information content (AvgIpc) is 2.49. The van der Waals surface area contributed by atoms with Crippen molar-refractivity contribution in [3.05, 3.63) is 71.2 Å². The molecule has 21 heavy (non-hydrogen) atoms. The zero-order valence-electron chi connectivity index (χ0n) is 11.1. The summed E-state index contributed by atoms with van der Waals surface area (Å²) in [5.41, 5.74) is 7.28. The maximum Gasteiger partial charge on any atom is 0.257 e. The topological polar surface area (TPSA) is 55.1 Å². The van der Waals surface area contributed by atoms with Crippen molar-refractivity contribution in [2.75, 3.05) is 11.1 Å². The smallest absolute Gasteiger partial charge is 0.257 e. The first-order chi connectivity index (χ1) is 10.1. The fourth-order valence-corrected chi connectivity index (χ4v) is 2.39. The highest BCUT2D eigenvalue weighted by Crippen LogP contribution is 2.22. The summed E-state index contributed by atoms with van der Waals surface area (Å²) in [6, 6.07) is 18.6. The zero-order chi connectivity index (χ0) is 14.8. The van der Waals surface area contributed by atoms with Crippen molar-refractivity contribution in [1.82, 2.24) is 0 Å². The maximum absolute atomic E-state index is 12.3. The largest absolute Gasteiger partial charge is 0.399 e. The van der Waals surface area contributed by atoms with E-state index in [1.54, 1.807) is 18.2 Å². The van der Waals surface area contributed by atoms with Gasteiger partial charge in [-0.2, -0.15) is 0 Å². The maximum atomic E-state index is 12.3. The van der Waals surface area contributed by atoms with Crippen LogP contribution in [0.15, 0.2) is 60.7 Å². The Kier molecular flexibility index (Phi) is 3.50. The number of rotatable bonds is 2. The van der Waals surface area contributed by atoms with E-state index in [2.05, 4.69) is 5.32 Å². The number of nitrogens with one attached hydrogen (secondary N) is 1. The van der Waals surface area contributed by atoms with Crippen molar-refractivity contribution >= 4 is 39.7 Å². The highest BCUT2D eigenvalue weighted by atomic mass is 35.5. The number of carbonyl (C=O) groups excluding carboxylic acids is 1. The van der Waals surface area contributed by atoms with Crippen LogP contribution in [0.2, 0.25) is 5.02 Å². The van der Waals surface area contributed by atoms with Crippen molar-refractivity contribution in [1.29, 1.82) is 0 Å². The Morgan fingerprint density at radius 2 is 1.71 bits per heavy atom. The molecule has 0 bridgehead atoms. The molecule has 3 rings (SSSR count). The van der Waals surface area contributed by atoms with E-state index in [0.29, 0.717) is 16.3 Å². The van der Waals surface area contributed by atoms with Crippen LogP contribution >= 0.6 is 11.6 Å². The Morgan fingerprint density at radius 1 is 0.952 bits per heavy atom. The van der Waals surface area contributed by atoms with Gasteiger partial charge in [0.25, 0.3) is 5.91 Å². The third-order valence-electron chi connectivity index (χ3n) is 3.24. The number of anilines is 2. The van der Waals surface area contributed by atoms with Crippen molar-refractivity contribution in [2.45, 2.75) is 0 Å². The summed E-state index contributed by atoms with van der Waals surface area (Å²) in [6.07, 6.45) is 0. The van der Waals surface area contributed by atoms with Gasteiger partial charge in [0.1, 0.15) is 0 Å². The molecule has 0 saturated heterocycles. The Morgan fingerprint density at radius 3 is 2.52 bits per heavy atom. The molecule has 0 fully saturated rings. The molecule has 0 heterocycles. The van der Waals surface area contributed by atoms with Crippen LogP contribution in [-0.4, -0.2) is 5.91 Å². The molecule has 3 N–H and O–H groups in total. The number of nitrogen functional groups attached to an aromatic ring is 1. The summed E-state index contributed by atoms with van der Waals surface area (Å²) in [6.45, 7) is 0. The number of amides is 1. The third-order valence-corrected chi connectivity index (χ3v) is 3.57. The quantitative estimate of drug-likeness (QED) is 0.692. The molecule has 3 aromatic carbocycles. The van der Waals surface area contributed by atoms with Crippen LogP contribution in [0, 0.1) is 0 Å². The van der Waals surface area contributed by atoms with Crippen LogP contribution in [0.4, 0.5) is 11.4 Å². The second kappa shape index (κ2) is 5.46. The second-order valence-corrected chi connectivity index (χ2v) is 5.16. The third kappa shape index (κ3) is 2.83. The highest BCUT2D eigenvalue weighted by molar-refractivity contribution is 6.34. The first kappa shape index (κ1) is 13.5. The standard InChI is InChI=1S/C17H13ClN2O/c18-16-8-6-13(19)10-15(16)17(21)20-14-7-5-11-3-1-2-4-12(11)9-14/h1-10H,19H2,(H,20,21). The minimum absolute atomic E-state index is 0.275. The van der Waals surface area contributed by atoms with Crippen molar-refractivity contribution < 1.29 is 4.79 Å². The molecule has 0 aliphatic carbocycles. The van der Waals surface area contributed by atoms with Gasteiger partial charge in [0.05, 0.1) is 10.6 Å². The fraction of sp³-hybridized carbons (Fsp3) is 0. The molecule has 0 aliphatic rings. The molecule has 4 heteroatoms. The molecule has 3 aromatic rings. The molecule has 0 unspecified atom stereocenters. The van der Waals surface area contributed by atoms with E-state index in [-0.39, 0.29) is 5.91 Å². The van der Waals surface area contributed by atoms with E-state index < -0.39 is 0 Å². The van der Waals surface area contributed by atoms with Gasteiger partial charge < -0.3 is 11.1 Å². The van der Waals surface area contributed by atoms with Crippen molar-refractivity contribution in [2.24, 2.45) is 0 Å². The molecular weight excluding hydrogens is 284 g/mol. The molecule has 1 amide bonds. The van der Waals surface area contributed by atoms with Gasteiger partial charge in [-0.1, -0.05) is 41.9 Å². The number of fused-ring (bicyclic) bond motifs is 1. The van der Waals surface area contributed by atoms with Crippen molar-refractivity contribution in [3.63, 3.8) is 0 Å². The highest BCUT2D eigenvalue weighted by Gasteiger charge is 2.11. The fourth-order valence-electron chi connectivity index (χ4n) is 2.18. The van der Waals surface area contributed by atoms with Gasteiger partial charge in [-0.05, 0) is 41.1 Å². The molecule has 0 spiro atoms. The molecule has 0 radical (unpaired) electrons. The molecule has 0 aliphatic heterocycles. The summed E-state index contributed by atoms with van der Waals surface area (Å²) >= 11 is 6.04. The molecule has 104 valence electrons. The Balaban J connectivity index is 1.90. The van der Waals surface area contributed by atoms with Crippen LogP contribution in [0.25, 0.3) is 10.8 Å². The molecule has 0 saturated carbocycles. The molecular formula is C17H13ClN2O. The van der Waals surface area contributed by atoms with E-state index in [1.807, 2.05) is 42.5 Å². The van der Waals surface area contributed by atoms with Gasteiger partial charge >= 0.3 is 0 Å².